The fraction of sp³-hybridized carbons (Fsp3) is 0.240. The number of aromatic amines is 3. The number of nitrogens with one attached hydrogen (secondary N) is 11. The first-order valence-electron chi connectivity index (χ1n) is 44.1. The number of hydrogen-bond acceptors (Lipinski definition) is 19. The molecule has 3 atom stereocenters. The van der Waals surface area contributed by atoms with Gasteiger partial charge in [-0.3, -0.25) is 43.2 Å². The SMILES string of the molecule is C[C@@H]1CN(C(=O)c2ccccc2)CCN1C(=O)C(=O)c1c[nH]c2c(NC(=O)NCCCCCCCCNC(=O)Nc3ccc(B(O)O)cc3)cccc12.C[C@@H]1CN(C(=O)c2ccccc2)CCN1C(=O)C(=O)c1c[nH]c2c(NC(=O)Nc3ccc(B(O)O)cc3)cccc12.C[C@@H]1CN(C(=O)c2ccccc2)CCN1C(=O)C(=O)c1c[nH]c2c(NC(=O)Nc3cccc(B(O)O)c3)cccc12. The van der Waals surface area contributed by atoms with Crippen molar-refractivity contribution >= 4 is 181 Å². The number of carbonyl (C=O) groups is 13. The van der Waals surface area contributed by atoms with Crippen LogP contribution in [0.1, 0.15) is 121 Å². The molecule has 0 aliphatic carbocycles. The van der Waals surface area contributed by atoms with Crippen molar-refractivity contribution in [3.05, 3.63) is 270 Å². The number of aromatic nitrogens is 3. The first kappa shape index (κ1) is 97.0. The van der Waals surface area contributed by atoms with E-state index < -0.39 is 68.5 Å². The van der Waals surface area contributed by atoms with E-state index in [0.29, 0.717) is 141 Å². The van der Waals surface area contributed by atoms with Crippen molar-refractivity contribution in [1.29, 1.82) is 0 Å². The maximum absolute atomic E-state index is 13.4. The van der Waals surface area contributed by atoms with E-state index >= 15 is 0 Å². The molecule has 0 unspecified atom stereocenters. The first-order chi connectivity index (χ1) is 65.1. The zero-order valence-corrected chi connectivity index (χ0v) is 74.2. The molecule has 36 nitrogen and oxygen atoms in total. The Bertz CT molecular complexity index is 6310. The molecule has 3 aliphatic heterocycles. The van der Waals surface area contributed by atoms with Gasteiger partial charge in [0.05, 0.1) is 50.3 Å². The van der Waals surface area contributed by atoms with Gasteiger partial charge in [0.2, 0.25) is 0 Å². The van der Waals surface area contributed by atoms with E-state index in [1.807, 2.05) is 51.1 Å². The molecule has 3 aromatic heterocycles. The van der Waals surface area contributed by atoms with Crippen LogP contribution < -0.4 is 58.9 Å². The van der Waals surface area contributed by atoms with Crippen LogP contribution in [0.2, 0.25) is 0 Å². The van der Waals surface area contributed by atoms with E-state index in [-0.39, 0.29) is 95.2 Å². The maximum Gasteiger partial charge on any atom is 0.488 e. The highest BCUT2D eigenvalue weighted by atomic mass is 16.4. The van der Waals surface area contributed by atoms with E-state index in [0.717, 1.165) is 38.5 Å². The van der Waals surface area contributed by atoms with E-state index in [2.05, 4.69) is 57.5 Å². The van der Waals surface area contributed by atoms with Gasteiger partial charge < -0.3 is 117 Å². The number of Topliss-reactive ketones (excluding diaryl/α,β-unsaturated/α-hetero) is 3. The lowest BCUT2D eigenvalue weighted by Crippen LogP contribution is -2.56. The number of anilines is 6. The zero-order chi connectivity index (χ0) is 95.9. The molecule has 135 heavy (non-hydrogen) atoms. The summed E-state index contributed by atoms with van der Waals surface area (Å²) in [7, 11) is -4.83. The summed E-state index contributed by atoms with van der Waals surface area (Å²) in [6.07, 6.45) is 9.92. The zero-order valence-electron chi connectivity index (χ0n) is 74.2. The smallest absolute Gasteiger partial charge is 0.423 e. The third-order valence-corrected chi connectivity index (χ3v) is 23.3. The van der Waals surface area contributed by atoms with Gasteiger partial charge in [-0.1, -0.05) is 153 Å². The van der Waals surface area contributed by atoms with Gasteiger partial charge in [-0.15, -0.1) is 0 Å². The molecule has 12 aromatic rings. The number of urea groups is 4. The summed E-state index contributed by atoms with van der Waals surface area (Å²) in [5, 5.41) is 78.8. The number of unbranched alkanes of at least 4 members (excludes halogenated alkanes) is 5. The van der Waals surface area contributed by atoms with Crippen LogP contribution in [0.15, 0.2) is 237 Å². The number of hydrogen-bond donors (Lipinski definition) is 17. The third-order valence-electron chi connectivity index (χ3n) is 23.3. The van der Waals surface area contributed by atoms with Gasteiger partial charge in [-0.05, 0) is 141 Å². The predicted molar refractivity (Wildman–Crippen MR) is 514 cm³/mol. The predicted octanol–water partition coefficient (Wildman–Crippen LogP) is 7.78. The largest absolute Gasteiger partial charge is 0.488 e. The Labute approximate surface area is 776 Å². The highest BCUT2D eigenvalue weighted by molar-refractivity contribution is 6.59. The first-order valence-corrected chi connectivity index (χ1v) is 44.1. The number of ketones is 3. The molecule has 15 rings (SSSR count). The Morgan fingerprint density at radius 1 is 0.311 bits per heavy atom. The lowest BCUT2D eigenvalue weighted by Gasteiger charge is -2.39. The Hall–Kier alpha value is -15.5. The number of benzene rings is 9. The van der Waals surface area contributed by atoms with Gasteiger partial charge in [-0.2, -0.15) is 0 Å². The maximum atomic E-state index is 13.4. The van der Waals surface area contributed by atoms with Crippen molar-refractivity contribution in [3.63, 3.8) is 0 Å². The molecule has 39 heteroatoms. The van der Waals surface area contributed by atoms with Crippen LogP contribution in [0.4, 0.5) is 53.3 Å². The normalized spacial score (nSPS) is 14.6. The second-order valence-electron chi connectivity index (χ2n) is 32.7. The summed E-state index contributed by atoms with van der Waals surface area (Å²) in [5.74, 6) is -4.31. The summed E-state index contributed by atoms with van der Waals surface area (Å²) in [6, 6.07) is 57.5. The van der Waals surface area contributed by atoms with E-state index in [1.54, 1.807) is 154 Å². The quantitative estimate of drug-likeness (QED) is 0.0101. The highest BCUT2D eigenvalue weighted by Crippen LogP contribution is 2.32. The number of piperazine rings is 3. The molecule has 694 valence electrons. The fourth-order valence-electron chi connectivity index (χ4n) is 16.2. The van der Waals surface area contributed by atoms with Crippen LogP contribution in [-0.2, 0) is 14.4 Å². The molecule has 0 spiro atoms. The van der Waals surface area contributed by atoms with Gasteiger partial charge in [0.25, 0.3) is 52.8 Å². The van der Waals surface area contributed by atoms with Crippen LogP contribution >= 0.6 is 0 Å². The number of H-pyrrole nitrogens is 3. The Morgan fingerprint density at radius 3 is 0.933 bits per heavy atom. The Kier molecular flexibility index (Phi) is 32.7. The van der Waals surface area contributed by atoms with Gasteiger partial charge in [0, 0.05) is 159 Å². The molecule has 3 saturated heterocycles. The van der Waals surface area contributed by atoms with Crippen LogP contribution in [0.5, 0.6) is 0 Å². The number of fused-ring (bicyclic) bond motifs is 3. The summed E-state index contributed by atoms with van der Waals surface area (Å²) in [5.41, 5.74) is 7.25. The lowest BCUT2D eigenvalue weighted by atomic mass is 9.80. The molecule has 3 fully saturated rings. The van der Waals surface area contributed by atoms with E-state index in [9.17, 15) is 82.4 Å². The summed E-state index contributed by atoms with van der Waals surface area (Å²) < 4.78 is 0. The average molecular weight is 1830 g/mol. The Balaban J connectivity index is 0.000000174. The van der Waals surface area contributed by atoms with E-state index in [4.69, 9.17) is 10.0 Å². The standard InChI is InChI=1S/C38H46BN7O7.2C29H28BN5O6/c1-26-25-45(35(48)27-12-7-6-8-13-27)22-23-46(26)36(49)34(47)31-24-42-33-30(31)14-11-15-32(33)44-38(51)41-21-10-5-3-2-4-9-20-40-37(50)43-29-18-16-28(17-19-29)39(52)53;1-18-17-34(27(37)19-7-3-2-4-8-19)13-14-35(18)28(38)26(36)23-16-31-25-22(23)11-6-12-24(25)33-29(39)32-21-10-5-9-20(15-21)30(40)41;1-18-17-34(27(37)19-6-3-2-4-7-19)14-15-35(18)28(38)26(36)23-16-31-25-22(23)8-5-9-24(25)33-29(39)32-21-12-10-20(11-13-21)30(40)41/h6-8,11-19,24,26,42,52-53H,2-5,9-10,20-23,25H2,1H3,(H2,40,43,50)(H2,41,44,51);2-12,15-16,18,31,40-41H,13-14,17H2,1H3,(H2,32,33,39);2-13,16,18,31,40-41H,14-15,17H2,1H3,(H2,32,33,39)/t26-;2*18-/m111/s1. The average Bonchev–Trinajstić information content (AvgIpc) is 1.66. The van der Waals surface area contributed by atoms with Gasteiger partial charge in [0.15, 0.2) is 0 Å². The molecule has 14 amide bonds. The van der Waals surface area contributed by atoms with E-state index in [1.165, 1.54) is 81.8 Å². The summed E-state index contributed by atoms with van der Waals surface area (Å²) in [6.45, 7) is 9.09. The van der Waals surface area contributed by atoms with Gasteiger partial charge in [-0.25, -0.2) is 19.2 Å². The molecule has 0 radical (unpaired) electrons. The molecule has 9 aromatic carbocycles. The topological polar surface area (TPSA) is 506 Å². The van der Waals surface area contributed by atoms with Crippen LogP contribution in [0, 0.1) is 0 Å². The van der Waals surface area contributed by atoms with Crippen LogP contribution in [-0.4, -0.2) is 263 Å². The molecule has 17 N–H and O–H groups in total. The molecular formula is C96H102B3N17O19. The summed E-state index contributed by atoms with van der Waals surface area (Å²) in [4.78, 5) is 187. The number of para-hydroxylation sites is 3. The highest BCUT2D eigenvalue weighted by Gasteiger charge is 2.39. The van der Waals surface area contributed by atoms with Crippen LogP contribution in [0.3, 0.4) is 0 Å². The van der Waals surface area contributed by atoms with Crippen LogP contribution in [0.25, 0.3) is 32.7 Å². The van der Waals surface area contributed by atoms with Crippen molar-refractivity contribution in [1.82, 2.24) is 55.0 Å². The van der Waals surface area contributed by atoms with Crippen molar-refractivity contribution in [2.75, 3.05) is 104 Å². The molecule has 0 bridgehead atoms. The number of carbonyl (C=O) groups excluding carboxylic acids is 13. The minimum Gasteiger partial charge on any atom is -0.423 e. The third kappa shape index (κ3) is 24.6. The molecule has 6 heterocycles. The second-order valence-corrected chi connectivity index (χ2v) is 32.7. The van der Waals surface area contributed by atoms with Crippen molar-refractivity contribution < 1.29 is 92.5 Å². The van der Waals surface area contributed by atoms with Crippen molar-refractivity contribution in [2.24, 2.45) is 0 Å². The Morgan fingerprint density at radius 2 is 0.607 bits per heavy atom. The summed E-state index contributed by atoms with van der Waals surface area (Å²) >= 11 is 0. The minimum absolute atomic E-state index is 0.106. The van der Waals surface area contributed by atoms with Gasteiger partial charge in [0.1, 0.15) is 0 Å². The number of rotatable bonds is 27. The van der Waals surface area contributed by atoms with Crippen molar-refractivity contribution in [3.8, 4) is 0 Å². The van der Waals surface area contributed by atoms with Crippen molar-refractivity contribution in [2.45, 2.75) is 77.4 Å². The molecular weight excluding hydrogens is 1730 g/mol. The number of amides is 14. The molecule has 3 aliphatic rings. The second kappa shape index (κ2) is 45.5. The molecule has 0 saturated carbocycles. The number of nitrogens with zero attached hydrogens (tertiary/aromatic N) is 6. The minimum atomic E-state index is -1.67. The fourth-order valence-corrected chi connectivity index (χ4v) is 16.2. The monoisotopic (exact) mass is 1830 g/mol. The van der Waals surface area contributed by atoms with Gasteiger partial charge >= 0.3 is 45.5 Å². The lowest BCUT2D eigenvalue weighted by molar-refractivity contribution is -0.130.